The molecule has 1 aliphatic rings. The van der Waals surface area contributed by atoms with Crippen LogP contribution in [0.5, 0.6) is 0 Å². The molecule has 1 heterocycles. The van der Waals surface area contributed by atoms with E-state index in [-0.39, 0.29) is 0 Å². The van der Waals surface area contributed by atoms with Crippen LogP contribution in [0, 0.1) is 0 Å². The van der Waals surface area contributed by atoms with Crippen LogP contribution in [0.15, 0.2) is 0 Å². The van der Waals surface area contributed by atoms with Gasteiger partial charge in [0.15, 0.2) is 6.29 Å². The zero-order valence-corrected chi connectivity index (χ0v) is 12.5. The summed E-state index contributed by atoms with van der Waals surface area (Å²) in [6.07, 6.45) is -12.2. The molecular formula is C7H16O13P2. The Morgan fingerprint density at radius 2 is 1.45 bits per heavy atom. The smallest absolute Gasteiger partial charge is 0.394 e. The summed E-state index contributed by atoms with van der Waals surface area (Å²) in [5, 5.41) is 37.7. The third-order valence-electron chi connectivity index (χ3n) is 2.66. The molecule has 1 fully saturated rings. The molecule has 1 rings (SSSR count). The van der Waals surface area contributed by atoms with Gasteiger partial charge >= 0.3 is 15.6 Å². The Hall–Kier alpha value is 0.0200. The lowest BCUT2D eigenvalue weighted by atomic mass is 9.96. The number of aliphatic hydroxyl groups excluding tert-OH is 4. The quantitative estimate of drug-likeness (QED) is 0.212. The van der Waals surface area contributed by atoms with E-state index in [1.807, 2.05) is 0 Å². The first kappa shape index (κ1) is 20.1. The Morgan fingerprint density at radius 1 is 1.00 bits per heavy atom. The first-order valence-corrected chi connectivity index (χ1v) is 8.70. The Balaban J connectivity index is 3.07. The molecule has 0 radical (unpaired) electrons. The van der Waals surface area contributed by atoms with Gasteiger partial charge in [0.05, 0.1) is 6.61 Å². The van der Waals surface area contributed by atoms with Crippen molar-refractivity contribution in [3.8, 4) is 0 Å². The summed E-state index contributed by atoms with van der Waals surface area (Å²) >= 11 is 0. The van der Waals surface area contributed by atoms with Crippen molar-refractivity contribution >= 4 is 15.6 Å². The molecule has 13 nitrogen and oxygen atoms in total. The van der Waals surface area contributed by atoms with Gasteiger partial charge in [-0.3, -0.25) is 9.05 Å². The zero-order chi connectivity index (χ0) is 17.3. The Kier molecular flexibility index (Phi) is 6.64. The number of rotatable bonds is 6. The van der Waals surface area contributed by atoms with Crippen LogP contribution in [-0.4, -0.2) is 83.4 Å². The van der Waals surface area contributed by atoms with Crippen LogP contribution in [-0.2, 0) is 22.9 Å². The second kappa shape index (κ2) is 7.28. The topological polar surface area (TPSA) is 224 Å². The van der Waals surface area contributed by atoms with Crippen LogP contribution in [0.4, 0.5) is 0 Å². The lowest BCUT2D eigenvalue weighted by Gasteiger charge is -2.43. The number of phosphoric ester groups is 2. The minimum absolute atomic E-state index is 0.977. The van der Waals surface area contributed by atoms with E-state index in [2.05, 4.69) is 13.8 Å². The van der Waals surface area contributed by atoms with Gasteiger partial charge in [-0.05, 0) is 0 Å². The summed E-state index contributed by atoms with van der Waals surface area (Å²) in [6, 6.07) is 0. The van der Waals surface area contributed by atoms with Gasteiger partial charge in [-0.15, -0.1) is 0 Å². The van der Waals surface area contributed by atoms with Crippen LogP contribution in [0.1, 0.15) is 0 Å². The summed E-state index contributed by atoms with van der Waals surface area (Å²) in [4.78, 5) is 34.9. The second-order valence-corrected chi connectivity index (χ2v) is 6.74. The standard InChI is InChI=1S/C7H16O13P2/c8-1-2(9)4-5(19-21(12,13)14)3(10)6(7(11)18-4)20-22(15,16)17/h2-11H,1H2,(H2,12,13,14)(H2,15,16,17)/t2-,3-,4+,5-,6-,7-/m0/s1. The number of ether oxygens (including phenoxy) is 1. The number of phosphoric acid groups is 2. The average Bonchev–Trinajstić information content (AvgIpc) is 2.34. The molecule has 0 unspecified atom stereocenters. The molecule has 0 aromatic heterocycles. The van der Waals surface area contributed by atoms with Gasteiger partial charge in [0.25, 0.3) is 0 Å². The predicted molar refractivity (Wildman–Crippen MR) is 63.8 cm³/mol. The van der Waals surface area contributed by atoms with Crippen molar-refractivity contribution < 1.29 is 62.9 Å². The van der Waals surface area contributed by atoms with Crippen LogP contribution in [0.25, 0.3) is 0 Å². The molecule has 8 N–H and O–H groups in total. The first-order valence-electron chi connectivity index (χ1n) is 5.64. The minimum Gasteiger partial charge on any atom is -0.394 e. The molecule has 0 aromatic carbocycles. The fourth-order valence-corrected chi connectivity index (χ4v) is 2.94. The molecular weight excluding hydrogens is 354 g/mol. The average molecular weight is 370 g/mol. The van der Waals surface area contributed by atoms with Crippen molar-refractivity contribution in [3.05, 3.63) is 0 Å². The van der Waals surface area contributed by atoms with Gasteiger partial charge in [-0.2, -0.15) is 0 Å². The number of aliphatic hydroxyl groups is 4. The fourth-order valence-electron chi connectivity index (χ4n) is 1.83. The van der Waals surface area contributed by atoms with Gasteiger partial charge in [0.2, 0.25) is 0 Å². The van der Waals surface area contributed by atoms with Crippen molar-refractivity contribution in [2.45, 2.75) is 36.8 Å². The van der Waals surface area contributed by atoms with E-state index in [0.29, 0.717) is 0 Å². The van der Waals surface area contributed by atoms with Gasteiger partial charge in [0, 0.05) is 0 Å². The van der Waals surface area contributed by atoms with E-state index in [0.717, 1.165) is 0 Å². The summed E-state index contributed by atoms with van der Waals surface area (Å²) in [5.74, 6) is 0. The molecule has 1 aliphatic heterocycles. The van der Waals surface area contributed by atoms with E-state index in [1.165, 1.54) is 0 Å². The van der Waals surface area contributed by atoms with Crippen LogP contribution >= 0.6 is 15.6 Å². The van der Waals surface area contributed by atoms with Crippen LogP contribution in [0.2, 0.25) is 0 Å². The zero-order valence-electron chi connectivity index (χ0n) is 10.7. The van der Waals surface area contributed by atoms with Gasteiger partial charge in [0.1, 0.15) is 30.5 Å². The Labute approximate surface area is 123 Å². The summed E-state index contributed by atoms with van der Waals surface area (Å²) in [6.45, 7) is -0.977. The van der Waals surface area contributed by atoms with Crippen LogP contribution in [0.3, 0.4) is 0 Å². The highest BCUT2D eigenvalue weighted by Gasteiger charge is 2.52. The fraction of sp³-hybridized carbons (Fsp3) is 1.00. The van der Waals surface area contributed by atoms with E-state index >= 15 is 0 Å². The van der Waals surface area contributed by atoms with Gasteiger partial charge in [-0.25, -0.2) is 9.13 Å². The van der Waals surface area contributed by atoms with Crippen molar-refractivity contribution in [1.82, 2.24) is 0 Å². The van der Waals surface area contributed by atoms with Gasteiger partial charge < -0.3 is 44.7 Å². The maximum absolute atomic E-state index is 10.9. The highest BCUT2D eigenvalue weighted by molar-refractivity contribution is 7.46. The summed E-state index contributed by atoms with van der Waals surface area (Å²) in [5.41, 5.74) is 0. The summed E-state index contributed by atoms with van der Waals surface area (Å²) in [7, 11) is -10.4. The lowest BCUT2D eigenvalue weighted by molar-refractivity contribution is -0.292. The van der Waals surface area contributed by atoms with E-state index in [4.69, 9.17) is 24.7 Å². The molecule has 6 atom stereocenters. The molecule has 0 saturated carbocycles. The summed E-state index contributed by atoms with van der Waals surface area (Å²) < 4.78 is 34.6. The molecule has 0 bridgehead atoms. The molecule has 0 aliphatic carbocycles. The highest BCUT2D eigenvalue weighted by Crippen LogP contribution is 2.45. The van der Waals surface area contributed by atoms with Crippen molar-refractivity contribution in [3.63, 3.8) is 0 Å². The molecule has 0 spiro atoms. The largest absolute Gasteiger partial charge is 0.470 e. The third-order valence-corrected chi connectivity index (χ3v) is 3.70. The molecule has 22 heavy (non-hydrogen) atoms. The predicted octanol–water partition coefficient (Wildman–Crippen LogP) is -3.63. The van der Waals surface area contributed by atoms with E-state index in [9.17, 15) is 24.4 Å². The number of hydrogen-bond acceptors (Lipinski definition) is 9. The molecule has 1 saturated heterocycles. The normalized spacial score (nSPS) is 35.4. The van der Waals surface area contributed by atoms with Crippen molar-refractivity contribution in [1.29, 1.82) is 0 Å². The molecule has 0 amide bonds. The maximum atomic E-state index is 10.9. The highest BCUT2D eigenvalue weighted by atomic mass is 31.2. The first-order chi connectivity index (χ1) is 9.85. The maximum Gasteiger partial charge on any atom is 0.470 e. The third kappa shape index (κ3) is 5.58. The SMILES string of the molecule is O=P(O)(O)O[C@H]1[C@H](O)[C@H](OP(=O)(O)O)[C@@H](O)O[C@@H]1[C@@H](O)CO. The Morgan fingerprint density at radius 3 is 1.86 bits per heavy atom. The lowest BCUT2D eigenvalue weighted by Crippen LogP contribution is -2.62. The van der Waals surface area contributed by atoms with Crippen LogP contribution < -0.4 is 0 Å². The monoisotopic (exact) mass is 370 g/mol. The van der Waals surface area contributed by atoms with Crippen molar-refractivity contribution in [2.75, 3.05) is 6.61 Å². The van der Waals surface area contributed by atoms with Crippen molar-refractivity contribution in [2.24, 2.45) is 0 Å². The molecule has 15 heteroatoms. The second-order valence-electron chi connectivity index (χ2n) is 4.35. The van der Waals surface area contributed by atoms with Gasteiger partial charge in [-0.1, -0.05) is 0 Å². The number of hydrogen-bond donors (Lipinski definition) is 8. The molecule has 132 valence electrons. The van der Waals surface area contributed by atoms with E-state index < -0.39 is 59.1 Å². The Bertz CT molecular complexity index is 457. The minimum atomic E-state index is -5.22. The molecule has 0 aromatic rings. The van der Waals surface area contributed by atoms with E-state index in [1.54, 1.807) is 0 Å².